The summed E-state index contributed by atoms with van der Waals surface area (Å²) in [6.45, 7) is 3.79. The lowest BCUT2D eigenvalue weighted by molar-refractivity contribution is -0.116. The van der Waals surface area contributed by atoms with Gasteiger partial charge in [0.25, 0.3) is 0 Å². The average molecular weight is 314 g/mol. The van der Waals surface area contributed by atoms with Gasteiger partial charge >= 0.3 is 0 Å². The number of ether oxygens (including phenoxy) is 2. The first-order valence-electron chi connectivity index (χ1n) is 7.40. The molecular weight excluding hydrogens is 292 g/mol. The molecule has 0 saturated carbocycles. The first-order valence-corrected chi connectivity index (χ1v) is 7.40. The molecule has 0 aliphatic heterocycles. The lowest BCUT2D eigenvalue weighted by atomic mass is 10.2. The van der Waals surface area contributed by atoms with Gasteiger partial charge in [-0.1, -0.05) is 18.2 Å². The Morgan fingerprint density at radius 1 is 1.00 bits per heavy atom. The van der Waals surface area contributed by atoms with E-state index in [0.29, 0.717) is 17.2 Å². The lowest BCUT2D eigenvalue weighted by Gasteiger charge is -2.18. The van der Waals surface area contributed by atoms with Crippen LogP contribution in [-0.4, -0.2) is 26.2 Å². The van der Waals surface area contributed by atoms with Crippen molar-refractivity contribution < 1.29 is 14.3 Å². The fraction of sp³-hybridized carbons (Fsp3) is 0.278. The zero-order chi connectivity index (χ0) is 16.8. The lowest BCUT2D eigenvalue weighted by Crippen LogP contribution is -2.32. The standard InChI is InChI=1S/C18H22N2O3/c1-12-9-10-17(23-4)15(11-12)19-13(2)18(21)20-14-7-5-6-8-16(14)22-3/h5-11,13,19H,1-4H3,(H,20,21)/t13-/m0/s1. The zero-order valence-corrected chi connectivity index (χ0v) is 13.8. The average Bonchev–Trinajstić information content (AvgIpc) is 2.55. The highest BCUT2D eigenvalue weighted by atomic mass is 16.5. The van der Waals surface area contributed by atoms with Gasteiger partial charge < -0.3 is 20.1 Å². The molecule has 2 aromatic carbocycles. The summed E-state index contributed by atoms with van der Waals surface area (Å²) >= 11 is 0. The Kier molecular flexibility index (Phi) is 5.46. The molecular formula is C18H22N2O3. The summed E-state index contributed by atoms with van der Waals surface area (Å²) in [5, 5.41) is 6.05. The number of anilines is 2. The highest BCUT2D eigenvalue weighted by Gasteiger charge is 2.16. The van der Waals surface area contributed by atoms with Crippen molar-refractivity contribution in [3.63, 3.8) is 0 Å². The maximum absolute atomic E-state index is 12.4. The van der Waals surface area contributed by atoms with Gasteiger partial charge in [0.05, 0.1) is 25.6 Å². The second-order valence-electron chi connectivity index (χ2n) is 5.26. The molecule has 0 aliphatic rings. The van der Waals surface area contributed by atoms with Crippen LogP contribution < -0.4 is 20.1 Å². The van der Waals surface area contributed by atoms with E-state index in [1.54, 1.807) is 33.3 Å². The fourth-order valence-electron chi connectivity index (χ4n) is 2.22. The summed E-state index contributed by atoms with van der Waals surface area (Å²) < 4.78 is 10.6. The van der Waals surface area contributed by atoms with E-state index in [-0.39, 0.29) is 5.91 Å². The number of rotatable bonds is 6. The van der Waals surface area contributed by atoms with E-state index in [9.17, 15) is 4.79 Å². The molecule has 0 aliphatic carbocycles. The Balaban J connectivity index is 2.10. The molecule has 0 bridgehead atoms. The van der Waals surface area contributed by atoms with Crippen LogP contribution in [0.2, 0.25) is 0 Å². The summed E-state index contributed by atoms with van der Waals surface area (Å²) in [5.74, 6) is 1.17. The number of benzene rings is 2. The van der Waals surface area contributed by atoms with Crippen LogP contribution >= 0.6 is 0 Å². The Bertz CT molecular complexity index is 686. The summed E-state index contributed by atoms with van der Waals surface area (Å²) in [5.41, 5.74) is 2.52. The second kappa shape index (κ2) is 7.54. The van der Waals surface area contributed by atoms with Gasteiger partial charge in [-0.2, -0.15) is 0 Å². The molecule has 5 nitrogen and oxygen atoms in total. The monoisotopic (exact) mass is 314 g/mol. The maximum Gasteiger partial charge on any atom is 0.246 e. The highest BCUT2D eigenvalue weighted by molar-refractivity contribution is 5.97. The van der Waals surface area contributed by atoms with Gasteiger partial charge in [0.1, 0.15) is 17.5 Å². The molecule has 0 saturated heterocycles. The third kappa shape index (κ3) is 4.16. The van der Waals surface area contributed by atoms with Gasteiger partial charge in [0.15, 0.2) is 0 Å². The first-order chi connectivity index (χ1) is 11.0. The van der Waals surface area contributed by atoms with Gasteiger partial charge in [-0.25, -0.2) is 0 Å². The Hall–Kier alpha value is -2.69. The van der Waals surface area contributed by atoms with Crippen LogP contribution in [0.5, 0.6) is 11.5 Å². The van der Waals surface area contributed by atoms with Crippen LogP contribution in [0.4, 0.5) is 11.4 Å². The number of para-hydroxylation sites is 2. The molecule has 0 heterocycles. The van der Waals surface area contributed by atoms with Crippen LogP contribution in [0.25, 0.3) is 0 Å². The summed E-state index contributed by atoms with van der Waals surface area (Å²) in [4.78, 5) is 12.4. The van der Waals surface area contributed by atoms with E-state index in [0.717, 1.165) is 11.3 Å². The molecule has 2 aromatic rings. The molecule has 0 spiro atoms. The van der Waals surface area contributed by atoms with Crippen molar-refractivity contribution in [3.8, 4) is 11.5 Å². The highest BCUT2D eigenvalue weighted by Crippen LogP contribution is 2.27. The molecule has 1 atom stereocenters. The molecule has 5 heteroatoms. The van der Waals surface area contributed by atoms with E-state index in [1.165, 1.54) is 0 Å². The minimum absolute atomic E-state index is 0.155. The number of amides is 1. The topological polar surface area (TPSA) is 59.6 Å². The quantitative estimate of drug-likeness (QED) is 0.857. The molecule has 0 aromatic heterocycles. The van der Waals surface area contributed by atoms with E-state index >= 15 is 0 Å². The normalized spacial score (nSPS) is 11.5. The zero-order valence-electron chi connectivity index (χ0n) is 13.8. The number of carbonyl (C=O) groups excluding carboxylic acids is 1. The summed E-state index contributed by atoms with van der Waals surface area (Å²) in [7, 11) is 3.18. The molecule has 1 amide bonds. The third-order valence-electron chi connectivity index (χ3n) is 3.49. The van der Waals surface area contributed by atoms with Gasteiger partial charge in [-0.15, -0.1) is 0 Å². The minimum Gasteiger partial charge on any atom is -0.495 e. The van der Waals surface area contributed by atoms with Crippen molar-refractivity contribution in [2.24, 2.45) is 0 Å². The Morgan fingerprint density at radius 2 is 1.65 bits per heavy atom. The smallest absolute Gasteiger partial charge is 0.246 e. The van der Waals surface area contributed by atoms with Crippen LogP contribution in [-0.2, 0) is 4.79 Å². The van der Waals surface area contributed by atoms with Crippen LogP contribution in [0.15, 0.2) is 42.5 Å². The Morgan fingerprint density at radius 3 is 2.35 bits per heavy atom. The van der Waals surface area contributed by atoms with Gasteiger partial charge in [-0.05, 0) is 43.7 Å². The van der Waals surface area contributed by atoms with Crippen molar-refractivity contribution in [1.82, 2.24) is 0 Å². The van der Waals surface area contributed by atoms with E-state index in [2.05, 4.69) is 10.6 Å². The van der Waals surface area contributed by atoms with Crippen molar-refractivity contribution in [3.05, 3.63) is 48.0 Å². The second-order valence-corrected chi connectivity index (χ2v) is 5.26. The van der Waals surface area contributed by atoms with Crippen molar-refractivity contribution in [1.29, 1.82) is 0 Å². The van der Waals surface area contributed by atoms with E-state index in [4.69, 9.17) is 9.47 Å². The number of methoxy groups -OCH3 is 2. The number of nitrogens with one attached hydrogen (secondary N) is 2. The Labute approximate surface area is 136 Å². The predicted octanol–water partition coefficient (Wildman–Crippen LogP) is 3.45. The molecule has 0 unspecified atom stereocenters. The summed E-state index contributed by atoms with van der Waals surface area (Å²) in [6, 6.07) is 12.7. The van der Waals surface area contributed by atoms with Gasteiger partial charge in [0.2, 0.25) is 5.91 Å². The van der Waals surface area contributed by atoms with Crippen molar-refractivity contribution >= 4 is 17.3 Å². The largest absolute Gasteiger partial charge is 0.495 e. The molecule has 23 heavy (non-hydrogen) atoms. The van der Waals surface area contributed by atoms with Gasteiger partial charge in [0, 0.05) is 0 Å². The SMILES string of the molecule is COc1ccccc1NC(=O)[C@H](C)Nc1cc(C)ccc1OC. The van der Waals surface area contributed by atoms with Crippen molar-refractivity contribution in [2.45, 2.75) is 19.9 Å². The first kappa shape index (κ1) is 16.7. The predicted molar refractivity (Wildman–Crippen MR) is 92.4 cm³/mol. The molecule has 2 N–H and O–H groups in total. The maximum atomic E-state index is 12.4. The molecule has 0 fully saturated rings. The van der Waals surface area contributed by atoms with Crippen molar-refractivity contribution in [2.75, 3.05) is 24.9 Å². The number of hydrogen-bond acceptors (Lipinski definition) is 4. The van der Waals surface area contributed by atoms with E-state index < -0.39 is 6.04 Å². The third-order valence-corrected chi connectivity index (χ3v) is 3.49. The summed E-state index contributed by atoms with van der Waals surface area (Å²) in [6.07, 6.45) is 0. The fourth-order valence-corrected chi connectivity index (χ4v) is 2.22. The molecule has 122 valence electrons. The number of aryl methyl sites for hydroxylation is 1. The minimum atomic E-state index is -0.435. The molecule has 2 rings (SSSR count). The van der Waals surface area contributed by atoms with Crippen LogP contribution in [0.3, 0.4) is 0 Å². The van der Waals surface area contributed by atoms with Crippen LogP contribution in [0.1, 0.15) is 12.5 Å². The van der Waals surface area contributed by atoms with E-state index in [1.807, 2.05) is 37.3 Å². The van der Waals surface area contributed by atoms with Crippen LogP contribution in [0, 0.1) is 6.92 Å². The number of hydrogen-bond donors (Lipinski definition) is 2. The van der Waals surface area contributed by atoms with Gasteiger partial charge in [-0.3, -0.25) is 4.79 Å². The number of carbonyl (C=O) groups is 1. The molecule has 0 radical (unpaired) electrons.